The molecule has 0 fully saturated rings. The van der Waals surface area contributed by atoms with E-state index in [0.29, 0.717) is 0 Å². The number of benzene rings is 1. The van der Waals surface area contributed by atoms with Crippen LogP contribution >= 0.6 is 0 Å². The Morgan fingerprint density at radius 1 is 1.27 bits per heavy atom. The van der Waals surface area contributed by atoms with Crippen LogP contribution in [0.2, 0.25) is 0 Å². The van der Waals surface area contributed by atoms with Crippen LogP contribution in [0.15, 0.2) is 30.3 Å². The number of rotatable bonds is 0. The van der Waals surface area contributed by atoms with Gasteiger partial charge in [0.05, 0.1) is 6.61 Å². The van der Waals surface area contributed by atoms with Gasteiger partial charge in [0.2, 0.25) is 0 Å². The largest absolute Gasteiger partial charge is 0.493 e. The van der Waals surface area contributed by atoms with E-state index in [0.717, 1.165) is 24.3 Å². The first kappa shape index (κ1) is 6.47. The molecular weight excluding hydrogens is 136 g/mol. The monoisotopic (exact) mass is 145 g/mol. The minimum Gasteiger partial charge on any atom is -0.493 e. The molecule has 1 heterocycles. The van der Waals surface area contributed by atoms with E-state index in [1.165, 1.54) is 0 Å². The van der Waals surface area contributed by atoms with Gasteiger partial charge in [-0.3, -0.25) is 0 Å². The van der Waals surface area contributed by atoms with Crippen molar-refractivity contribution in [3.8, 4) is 5.75 Å². The molecule has 11 heavy (non-hydrogen) atoms. The summed E-state index contributed by atoms with van der Waals surface area (Å²) in [5, 5.41) is 0. The van der Waals surface area contributed by atoms with Crippen molar-refractivity contribution in [2.45, 2.75) is 6.42 Å². The first-order chi connectivity index (χ1) is 5.47. The van der Waals surface area contributed by atoms with Crippen molar-refractivity contribution in [3.05, 3.63) is 42.0 Å². The van der Waals surface area contributed by atoms with E-state index >= 15 is 0 Å². The summed E-state index contributed by atoms with van der Waals surface area (Å²) in [6.45, 7) is 0.768. The highest BCUT2D eigenvalue weighted by molar-refractivity contribution is 5.38. The van der Waals surface area contributed by atoms with Gasteiger partial charge in [-0.1, -0.05) is 24.3 Å². The van der Waals surface area contributed by atoms with E-state index in [4.69, 9.17) is 4.74 Å². The van der Waals surface area contributed by atoms with Gasteiger partial charge in [-0.25, -0.2) is 0 Å². The molecule has 0 N–H and O–H groups in total. The molecule has 0 atom stereocenters. The molecule has 1 aliphatic heterocycles. The first-order valence-corrected chi connectivity index (χ1v) is 3.77. The highest BCUT2D eigenvalue weighted by Gasteiger charge is 2.01. The summed E-state index contributed by atoms with van der Waals surface area (Å²) < 4.78 is 5.45. The van der Waals surface area contributed by atoms with Gasteiger partial charge in [0, 0.05) is 12.0 Å². The number of hydrogen-bond acceptors (Lipinski definition) is 1. The minimum atomic E-state index is 0.768. The van der Waals surface area contributed by atoms with Gasteiger partial charge < -0.3 is 4.74 Å². The van der Waals surface area contributed by atoms with Gasteiger partial charge in [0.15, 0.2) is 0 Å². The van der Waals surface area contributed by atoms with Crippen LogP contribution in [-0.2, 0) is 0 Å². The predicted octanol–water partition coefficient (Wildman–Crippen LogP) is 2.18. The summed E-state index contributed by atoms with van der Waals surface area (Å²) in [5.74, 6) is 0.946. The first-order valence-electron chi connectivity index (χ1n) is 3.77. The molecule has 0 saturated heterocycles. The lowest BCUT2D eigenvalue weighted by molar-refractivity contribution is 0.326. The lowest BCUT2D eigenvalue weighted by Gasteiger charge is -2.03. The van der Waals surface area contributed by atoms with E-state index < -0.39 is 0 Å². The van der Waals surface area contributed by atoms with Crippen molar-refractivity contribution >= 4 is 0 Å². The molecule has 0 aliphatic carbocycles. The second-order valence-electron chi connectivity index (χ2n) is 2.48. The standard InChI is InChI=1S/C10H9O/c1-2-7-10-9(5-1)6-3-4-8-11-10/h1-3,5,7H,4,8H2. The molecule has 1 heteroatoms. The van der Waals surface area contributed by atoms with Crippen LogP contribution in [0, 0.1) is 6.08 Å². The molecule has 1 nitrogen and oxygen atoms in total. The predicted molar refractivity (Wildman–Crippen MR) is 43.5 cm³/mol. The molecule has 0 spiro atoms. The molecule has 1 aliphatic rings. The van der Waals surface area contributed by atoms with Crippen molar-refractivity contribution in [1.29, 1.82) is 0 Å². The summed E-state index contributed by atoms with van der Waals surface area (Å²) >= 11 is 0. The third kappa shape index (κ3) is 1.27. The Morgan fingerprint density at radius 2 is 2.18 bits per heavy atom. The molecule has 1 aromatic rings. The van der Waals surface area contributed by atoms with Crippen molar-refractivity contribution in [1.82, 2.24) is 0 Å². The van der Waals surface area contributed by atoms with E-state index in [1.54, 1.807) is 0 Å². The van der Waals surface area contributed by atoms with Crippen LogP contribution in [0.1, 0.15) is 12.0 Å². The smallest absolute Gasteiger partial charge is 0.127 e. The van der Waals surface area contributed by atoms with Gasteiger partial charge in [-0.05, 0) is 12.1 Å². The fraction of sp³-hybridized carbons (Fsp3) is 0.200. The van der Waals surface area contributed by atoms with Gasteiger partial charge in [-0.15, -0.1) is 0 Å². The molecule has 0 unspecified atom stereocenters. The average molecular weight is 145 g/mol. The molecule has 55 valence electrons. The summed E-state index contributed by atoms with van der Waals surface area (Å²) in [4.78, 5) is 0. The van der Waals surface area contributed by atoms with Crippen LogP contribution < -0.4 is 4.74 Å². The van der Waals surface area contributed by atoms with Gasteiger partial charge >= 0.3 is 0 Å². The Labute approximate surface area is 66.3 Å². The minimum absolute atomic E-state index is 0.768. The van der Waals surface area contributed by atoms with Crippen molar-refractivity contribution in [3.63, 3.8) is 0 Å². The van der Waals surface area contributed by atoms with Gasteiger partial charge in [-0.2, -0.15) is 0 Å². The lowest BCUT2D eigenvalue weighted by atomic mass is 10.2. The second-order valence-corrected chi connectivity index (χ2v) is 2.48. The number of ether oxygens (including phenoxy) is 1. The molecule has 0 saturated carbocycles. The number of hydrogen-bond donors (Lipinski definition) is 0. The highest BCUT2D eigenvalue weighted by Crippen LogP contribution is 2.20. The van der Waals surface area contributed by atoms with E-state index in [2.05, 4.69) is 6.08 Å². The Balaban J connectivity index is 2.45. The Morgan fingerprint density at radius 3 is 3.18 bits per heavy atom. The zero-order valence-electron chi connectivity index (χ0n) is 6.21. The zero-order valence-corrected chi connectivity index (χ0v) is 6.21. The summed E-state index contributed by atoms with van der Waals surface area (Å²) in [7, 11) is 0. The van der Waals surface area contributed by atoms with Crippen LogP contribution in [0.25, 0.3) is 0 Å². The van der Waals surface area contributed by atoms with E-state index in [1.807, 2.05) is 30.3 Å². The average Bonchev–Trinajstić information content (AvgIpc) is 2.28. The Hall–Kier alpha value is -1.24. The molecule has 1 radical (unpaired) electrons. The number of para-hydroxylation sites is 1. The highest BCUT2D eigenvalue weighted by atomic mass is 16.5. The van der Waals surface area contributed by atoms with E-state index in [-0.39, 0.29) is 0 Å². The molecule has 0 bridgehead atoms. The van der Waals surface area contributed by atoms with Crippen molar-refractivity contribution in [2.75, 3.05) is 6.61 Å². The Bertz CT molecular complexity index is 276. The van der Waals surface area contributed by atoms with Gasteiger partial charge in [0.25, 0.3) is 0 Å². The van der Waals surface area contributed by atoms with Crippen LogP contribution in [0.4, 0.5) is 0 Å². The molecule has 1 aromatic carbocycles. The zero-order chi connectivity index (χ0) is 7.52. The topological polar surface area (TPSA) is 9.23 Å². The normalized spacial score (nSPS) is 14.9. The van der Waals surface area contributed by atoms with Crippen LogP contribution in [0.5, 0.6) is 5.75 Å². The quantitative estimate of drug-likeness (QED) is 0.543. The maximum atomic E-state index is 5.45. The fourth-order valence-electron chi connectivity index (χ4n) is 1.12. The molecule has 0 aromatic heterocycles. The Kier molecular flexibility index (Phi) is 1.64. The molecule has 0 amide bonds. The summed E-state index contributed by atoms with van der Waals surface area (Å²) in [6, 6.07) is 7.96. The lowest BCUT2D eigenvalue weighted by Crippen LogP contribution is -1.94. The number of fused-ring (bicyclic) bond motifs is 1. The SMILES string of the molecule is [C]1=CCCOc2ccccc21. The molecular formula is C10H9O. The van der Waals surface area contributed by atoms with Crippen LogP contribution in [0.3, 0.4) is 0 Å². The van der Waals surface area contributed by atoms with E-state index in [9.17, 15) is 0 Å². The third-order valence-electron chi connectivity index (χ3n) is 1.66. The summed E-state index contributed by atoms with van der Waals surface area (Å²) in [5.41, 5.74) is 1.06. The van der Waals surface area contributed by atoms with Crippen molar-refractivity contribution < 1.29 is 4.74 Å². The molecule has 2 rings (SSSR count). The second kappa shape index (κ2) is 2.79. The third-order valence-corrected chi connectivity index (χ3v) is 1.66. The van der Waals surface area contributed by atoms with Gasteiger partial charge in [0.1, 0.15) is 5.75 Å². The maximum Gasteiger partial charge on any atom is 0.127 e. The van der Waals surface area contributed by atoms with Crippen LogP contribution in [-0.4, -0.2) is 6.61 Å². The fourth-order valence-corrected chi connectivity index (χ4v) is 1.12. The maximum absolute atomic E-state index is 5.45. The summed E-state index contributed by atoms with van der Waals surface area (Å²) in [6.07, 6.45) is 6.15. The van der Waals surface area contributed by atoms with Crippen molar-refractivity contribution in [2.24, 2.45) is 0 Å².